The number of hydrogen-bond donors (Lipinski definition) is 1. The van der Waals surface area contributed by atoms with Gasteiger partial charge in [0.25, 0.3) is 5.91 Å². The number of esters is 1. The van der Waals surface area contributed by atoms with Gasteiger partial charge in [-0.15, -0.1) is 0 Å². The predicted octanol–water partition coefficient (Wildman–Crippen LogP) is 3.70. The molecule has 0 atom stereocenters. The van der Waals surface area contributed by atoms with Crippen molar-refractivity contribution in [3.8, 4) is 5.75 Å². The van der Waals surface area contributed by atoms with E-state index in [0.29, 0.717) is 30.3 Å². The zero-order valence-corrected chi connectivity index (χ0v) is 18.1. The molecule has 1 saturated heterocycles. The van der Waals surface area contributed by atoms with E-state index in [4.69, 9.17) is 22.1 Å². The molecule has 3 rings (SSSR count). The van der Waals surface area contributed by atoms with E-state index in [0.717, 1.165) is 36.6 Å². The Bertz CT molecular complexity index is 927. The number of aromatic nitrogens is 2. The molecule has 0 unspecified atom stereocenters. The Morgan fingerprint density at radius 2 is 1.93 bits per heavy atom. The molecule has 1 aliphatic heterocycles. The number of nitrogens with two attached hydrogens (primary N) is 1. The summed E-state index contributed by atoms with van der Waals surface area (Å²) in [6.45, 7) is 5.36. The van der Waals surface area contributed by atoms with Gasteiger partial charge in [0.1, 0.15) is 5.82 Å². The van der Waals surface area contributed by atoms with E-state index in [9.17, 15) is 9.59 Å². The molecule has 160 valence electrons. The molecule has 8 heteroatoms. The van der Waals surface area contributed by atoms with E-state index >= 15 is 0 Å². The van der Waals surface area contributed by atoms with Gasteiger partial charge in [-0.2, -0.15) is 0 Å². The normalized spacial score (nSPS) is 14.6. The third-order valence-electron chi connectivity index (χ3n) is 5.26. The molecule has 30 heavy (non-hydrogen) atoms. The fraction of sp³-hybridized carbons (Fsp3) is 0.455. The number of carbonyl (C=O) groups excluding carboxylic acids is 2. The number of hydrogen-bond acceptors (Lipinski definition) is 6. The summed E-state index contributed by atoms with van der Waals surface area (Å²) < 4.78 is 5.31. The van der Waals surface area contributed by atoms with Gasteiger partial charge in [0.2, 0.25) is 0 Å². The van der Waals surface area contributed by atoms with Crippen molar-refractivity contribution < 1.29 is 14.3 Å². The average molecular weight is 431 g/mol. The minimum atomic E-state index is -0.727. The second-order valence-corrected chi connectivity index (χ2v) is 7.98. The molecule has 1 aliphatic rings. The van der Waals surface area contributed by atoms with E-state index in [1.807, 2.05) is 31.2 Å². The van der Waals surface area contributed by atoms with Gasteiger partial charge in [-0.1, -0.05) is 30.7 Å². The van der Waals surface area contributed by atoms with Crippen LogP contribution in [-0.4, -0.2) is 34.9 Å². The topological polar surface area (TPSA) is 98.4 Å². The standard InChI is InChI=1S/C22H27ClN4O3/c1-3-6-19(28)30-21-14(2)25-18(26-20(21)22(24)29)13-15-9-11-27(12-10-15)17-8-5-4-7-16(17)23/h4-5,7-8,15H,3,6,9-13H2,1-2H3,(H2,24,29). The van der Waals surface area contributed by atoms with Gasteiger partial charge in [0.05, 0.1) is 16.4 Å². The van der Waals surface area contributed by atoms with Crippen molar-refractivity contribution in [3.05, 3.63) is 46.5 Å². The van der Waals surface area contributed by atoms with Crippen LogP contribution >= 0.6 is 11.6 Å². The van der Waals surface area contributed by atoms with E-state index in [-0.39, 0.29) is 17.9 Å². The predicted molar refractivity (Wildman–Crippen MR) is 116 cm³/mol. The Morgan fingerprint density at radius 3 is 2.57 bits per heavy atom. The third kappa shape index (κ3) is 5.27. The molecule has 0 aliphatic carbocycles. The van der Waals surface area contributed by atoms with Crippen LogP contribution in [0.4, 0.5) is 5.69 Å². The van der Waals surface area contributed by atoms with Crippen molar-refractivity contribution in [1.29, 1.82) is 0 Å². The highest BCUT2D eigenvalue weighted by Crippen LogP contribution is 2.30. The Kier molecular flexibility index (Phi) is 7.26. The third-order valence-corrected chi connectivity index (χ3v) is 5.58. The van der Waals surface area contributed by atoms with Crippen LogP contribution in [0.2, 0.25) is 5.02 Å². The highest BCUT2D eigenvalue weighted by Gasteiger charge is 2.24. The number of amides is 1. The second-order valence-electron chi connectivity index (χ2n) is 7.58. The van der Waals surface area contributed by atoms with Crippen LogP contribution in [0.5, 0.6) is 5.75 Å². The van der Waals surface area contributed by atoms with Crippen molar-refractivity contribution in [2.45, 2.75) is 46.0 Å². The van der Waals surface area contributed by atoms with Gasteiger partial charge in [-0.3, -0.25) is 9.59 Å². The quantitative estimate of drug-likeness (QED) is 0.672. The maximum absolute atomic E-state index is 11.9. The van der Waals surface area contributed by atoms with Crippen LogP contribution in [0, 0.1) is 12.8 Å². The Hall–Kier alpha value is -2.67. The maximum Gasteiger partial charge on any atom is 0.311 e. The molecule has 2 N–H and O–H groups in total. The summed E-state index contributed by atoms with van der Waals surface area (Å²) >= 11 is 6.32. The van der Waals surface area contributed by atoms with Crippen molar-refractivity contribution in [2.24, 2.45) is 11.7 Å². The molecule has 1 fully saturated rings. The number of carbonyl (C=O) groups is 2. The highest BCUT2D eigenvalue weighted by atomic mass is 35.5. The van der Waals surface area contributed by atoms with Gasteiger partial charge in [-0.25, -0.2) is 9.97 Å². The minimum Gasteiger partial charge on any atom is -0.422 e. The lowest BCUT2D eigenvalue weighted by molar-refractivity contribution is -0.134. The van der Waals surface area contributed by atoms with Crippen LogP contribution in [0.25, 0.3) is 0 Å². The van der Waals surface area contributed by atoms with Crippen molar-refractivity contribution in [1.82, 2.24) is 9.97 Å². The summed E-state index contributed by atoms with van der Waals surface area (Å²) in [6.07, 6.45) is 3.47. The van der Waals surface area contributed by atoms with E-state index in [1.165, 1.54) is 0 Å². The number of ether oxygens (including phenoxy) is 1. The molecule has 2 heterocycles. The summed E-state index contributed by atoms with van der Waals surface area (Å²) in [6, 6.07) is 7.86. The minimum absolute atomic E-state index is 0.0320. The molecule has 0 saturated carbocycles. The molecule has 0 spiro atoms. The number of nitrogens with zero attached hydrogens (tertiary/aromatic N) is 3. The average Bonchev–Trinajstić information content (AvgIpc) is 2.71. The molecule has 1 aromatic heterocycles. The molecule has 1 amide bonds. The molecular formula is C22H27ClN4O3. The first-order valence-corrected chi connectivity index (χ1v) is 10.6. The number of aryl methyl sites for hydroxylation is 1. The first-order chi connectivity index (χ1) is 14.4. The van der Waals surface area contributed by atoms with E-state index in [2.05, 4.69) is 14.9 Å². The van der Waals surface area contributed by atoms with E-state index < -0.39 is 11.9 Å². The largest absolute Gasteiger partial charge is 0.422 e. The molecule has 0 bridgehead atoms. The number of para-hydroxylation sites is 1. The second kappa shape index (κ2) is 9.89. The van der Waals surface area contributed by atoms with Crippen LogP contribution in [0.3, 0.4) is 0 Å². The van der Waals surface area contributed by atoms with Crippen molar-refractivity contribution in [2.75, 3.05) is 18.0 Å². The zero-order valence-electron chi connectivity index (χ0n) is 17.4. The fourth-order valence-electron chi connectivity index (χ4n) is 3.71. The number of primary amides is 1. The smallest absolute Gasteiger partial charge is 0.311 e. The molecule has 2 aromatic rings. The van der Waals surface area contributed by atoms with Crippen LogP contribution in [-0.2, 0) is 11.2 Å². The number of piperidine rings is 1. The number of rotatable bonds is 7. The molecule has 0 radical (unpaired) electrons. The van der Waals surface area contributed by atoms with E-state index in [1.54, 1.807) is 6.92 Å². The molecule has 1 aromatic carbocycles. The first kappa shape index (κ1) is 22.0. The number of anilines is 1. The van der Waals surface area contributed by atoms with Gasteiger partial charge in [0.15, 0.2) is 11.4 Å². The van der Waals surface area contributed by atoms with Crippen molar-refractivity contribution >= 4 is 29.2 Å². The lowest BCUT2D eigenvalue weighted by Crippen LogP contribution is -2.34. The van der Waals surface area contributed by atoms with Gasteiger partial charge in [0, 0.05) is 25.9 Å². The highest BCUT2D eigenvalue weighted by molar-refractivity contribution is 6.33. The van der Waals surface area contributed by atoms with Gasteiger partial charge < -0.3 is 15.4 Å². The number of halogens is 1. The monoisotopic (exact) mass is 430 g/mol. The van der Waals surface area contributed by atoms with Crippen LogP contribution in [0.15, 0.2) is 24.3 Å². The summed E-state index contributed by atoms with van der Waals surface area (Å²) in [5.74, 6) is -0.149. The lowest BCUT2D eigenvalue weighted by atomic mass is 9.93. The fourth-order valence-corrected chi connectivity index (χ4v) is 3.97. The van der Waals surface area contributed by atoms with Crippen molar-refractivity contribution in [3.63, 3.8) is 0 Å². The first-order valence-electron chi connectivity index (χ1n) is 10.3. The Morgan fingerprint density at radius 1 is 1.23 bits per heavy atom. The van der Waals surface area contributed by atoms with Crippen LogP contribution < -0.4 is 15.4 Å². The zero-order chi connectivity index (χ0) is 21.7. The SMILES string of the molecule is CCCC(=O)Oc1c(C)nc(CC2CCN(c3ccccc3Cl)CC2)nc1C(N)=O. The Labute approximate surface area is 181 Å². The lowest BCUT2D eigenvalue weighted by Gasteiger charge is -2.34. The molecule has 7 nitrogen and oxygen atoms in total. The maximum atomic E-state index is 11.9. The summed E-state index contributed by atoms with van der Waals surface area (Å²) in [4.78, 5) is 34.9. The molecular weight excluding hydrogens is 404 g/mol. The summed E-state index contributed by atoms with van der Waals surface area (Å²) in [7, 11) is 0. The summed E-state index contributed by atoms with van der Waals surface area (Å²) in [5, 5.41) is 0.759. The summed E-state index contributed by atoms with van der Waals surface area (Å²) in [5.41, 5.74) is 6.97. The Balaban J connectivity index is 1.69. The van der Waals surface area contributed by atoms with Crippen LogP contribution in [0.1, 0.15) is 54.6 Å². The van der Waals surface area contributed by atoms with Gasteiger partial charge >= 0.3 is 5.97 Å². The number of benzene rings is 1. The van der Waals surface area contributed by atoms with Gasteiger partial charge in [-0.05, 0) is 44.2 Å².